The Hall–Kier alpha value is -4.25. The second-order valence-corrected chi connectivity index (χ2v) is 11.4. The summed E-state index contributed by atoms with van der Waals surface area (Å²) in [6, 6.07) is 14.0. The van der Waals surface area contributed by atoms with E-state index >= 15 is 4.39 Å². The number of likely N-dealkylation sites (tertiary alicyclic amines) is 1. The van der Waals surface area contributed by atoms with Crippen molar-refractivity contribution >= 4 is 23.2 Å². The molecule has 1 fully saturated rings. The highest BCUT2D eigenvalue weighted by Crippen LogP contribution is 2.41. The summed E-state index contributed by atoms with van der Waals surface area (Å²) < 4.78 is 23.2. The van der Waals surface area contributed by atoms with Crippen LogP contribution in [0.5, 0.6) is 5.75 Å². The molecule has 1 aromatic heterocycles. The molecule has 2 N–H and O–H groups in total. The van der Waals surface area contributed by atoms with E-state index in [1.54, 1.807) is 18.2 Å². The first-order chi connectivity index (χ1) is 21.0. The predicted octanol–water partition coefficient (Wildman–Crippen LogP) is 4.74. The molecule has 0 unspecified atom stereocenters. The van der Waals surface area contributed by atoms with Gasteiger partial charge in [-0.1, -0.05) is 41.9 Å². The standard InChI is InChI=1S/C33H34ClFN4O5/c1-19-22(7-6-10-28(19)36-31(41)26-17-37(2)33(43)38(3)32(26)42)24-9-5-8-23(30(24)34)20-15-27(35)25(29(16-20)44-4)18-39-13-11-21(40)12-14-39/h5-10,15-17,21,40H,11-14,18H2,1-4H3,(H,36,41). The summed E-state index contributed by atoms with van der Waals surface area (Å²) in [6.07, 6.45) is 2.21. The maximum absolute atomic E-state index is 15.6. The van der Waals surface area contributed by atoms with E-state index < -0.39 is 23.0 Å². The van der Waals surface area contributed by atoms with E-state index in [0.717, 1.165) is 10.1 Å². The fourth-order valence-corrected chi connectivity index (χ4v) is 5.92. The van der Waals surface area contributed by atoms with Gasteiger partial charge in [0.25, 0.3) is 11.5 Å². The van der Waals surface area contributed by atoms with Crippen LogP contribution in [0.15, 0.2) is 64.3 Å². The van der Waals surface area contributed by atoms with Gasteiger partial charge >= 0.3 is 5.69 Å². The van der Waals surface area contributed by atoms with Crippen molar-refractivity contribution in [2.45, 2.75) is 32.4 Å². The third kappa shape index (κ3) is 6.06. The van der Waals surface area contributed by atoms with Crippen LogP contribution >= 0.6 is 11.6 Å². The number of aromatic nitrogens is 2. The van der Waals surface area contributed by atoms with Gasteiger partial charge in [0.2, 0.25) is 0 Å². The summed E-state index contributed by atoms with van der Waals surface area (Å²) in [7, 11) is 4.29. The molecular formula is C33H34ClFN4O5. The van der Waals surface area contributed by atoms with Crippen molar-refractivity contribution in [3.05, 3.63) is 103 Å². The predicted molar refractivity (Wildman–Crippen MR) is 169 cm³/mol. The molecule has 3 aromatic carbocycles. The molecule has 1 amide bonds. The third-order valence-corrected chi connectivity index (χ3v) is 8.59. The number of halogens is 2. The summed E-state index contributed by atoms with van der Waals surface area (Å²) in [4.78, 5) is 39.8. The molecule has 230 valence electrons. The smallest absolute Gasteiger partial charge is 0.330 e. The molecule has 0 radical (unpaired) electrons. The van der Waals surface area contributed by atoms with Gasteiger partial charge in [-0.25, -0.2) is 9.18 Å². The number of amides is 1. The van der Waals surface area contributed by atoms with Crippen molar-refractivity contribution in [3.8, 4) is 28.0 Å². The Labute approximate surface area is 259 Å². The third-order valence-electron chi connectivity index (χ3n) is 8.19. The fourth-order valence-electron chi connectivity index (χ4n) is 5.58. The van der Waals surface area contributed by atoms with E-state index in [9.17, 15) is 19.5 Å². The van der Waals surface area contributed by atoms with Gasteiger partial charge in [0.15, 0.2) is 0 Å². The average Bonchev–Trinajstić information content (AvgIpc) is 3.01. The highest BCUT2D eigenvalue weighted by atomic mass is 35.5. The lowest BCUT2D eigenvalue weighted by Crippen LogP contribution is -2.40. The van der Waals surface area contributed by atoms with Gasteiger partial charge in [0.1, 0.15) is 17.1 Å². The molecule has 0 bridgehead atoms. The molecule has 0 atom stereocenters. The molecule has 44 heavy (non-hydrogen) atoms. The van der Waals surface area contributed by atoms with Gasteiger partial charge < -0.3 is 19.7 Å². The van der Waals surface area contributed by atoms with Crippen LogP contribution in [0.3, 0.4) is 0 Å². The number of piperidine rings is 1. The molecule has 2 heterocycles. The van der Waals surface area contributed by atoms with Crippen molar-refractivity contribution in [2.75, 3.05) is 25.5 Å². The first-order valence-corrected chi connectivity index (χ1v) is 14.6. The number of rotatable bonds is 7. The summed E-state index contributed by atoms with van der Waals surface area (Å²) in [5, 5.41) is 13.0. The first kappa shape index (κ1) is 31.2. The number of hydrogen-bond donors (Lipinski definition) is 2. The number of benzene rings is 3. The normalized spacial score (nSPS) is 14.1. The Balaban J connectivity index is 1.47. The van der Waals surface area contributed by atoms with Crippen molar-refractivity contribution in [2.24, 2.45) is 14.1 Å². The lowest BCUT2D eigenvalue weighted by molar-refractivity contribution is 0.0784. The summed E-state index contributed by atoms with van der Waals surface area (Å²) in [5.41, 5.74) is 2.79. The quantitative estimate of drug-likeness (QED) is 0.309. The zero-order valence-electron chi connectivity index (χ0n) is 25.0. The maximum Gasteiger partial charge on any atom is 0.330 e. The van der Waals surface area contributed by atoms with Crippen LogP contribution in [-0.2, 0) is 20.6 Å². The van der Waals surface area contributed by atoms with Gasteiger partial charge in [0.05, 0.1) is 18.2 Å². The van der Waals surface area contributed by atoms with Crippen LogP contribution in [0.2, 0.25) is 5.02 Å². The van der Waals surface area contributed by atoms with Gasteiger partial charge in [-0.2, -0.15) is 0 Å². The number of aliphatic hydroxyl groups is 1. The van der Waals surface area contributed by atoms with Crippen molar-refractivity contribution in [1.82, 2.24) is 14.0 Å². The van der Waals surface area contributed by atoms with Crippen molar-refractivity contribution in [3.63, 3.8) is 0 Å². The maximum atomic E-state index is 15.6. The first-order valence-electron chi connectivity index (χ1n) is 14.2. The molecule has 5 rings (SSSR count). The molecule has 4 aromatic rings. The second kappa shape index (κ2) is 12.8. The molecule has 0 spiro atoms. The zero-order valence-corrected chi connectivity index (χ0v) is 25.7. The molecule has 0 saturated carbocycles. The Morgan fingerprint density at radius 3 is 2.43 bits per heavy atom. The van der Waals surface area contributed by atoms with E-state index in [1.807, 2.05) is 31.2 Å². The SMILES string of the molecule is COc1cc(-c2cccc(-c3cccc(NC(=O)c4cn(C)c(=O)n(C)c4=O)c3C)c2Cl)cc(F)c1CN1CCC(O)CC1. The van der Waals surface area contributed by atoms with Gasteiger partial charge in [-0.3, -0.25) is 19.1 Å². The lowest BCUT2D eigenvalue weighted by Gasteiger charge is -2.30. The Kier molecular flexibility index (Phi) is 9.05. The average molecular weight is 621 g/mol. The number of aliphatic hydroxyl groups excluding tert-OH is 1. The summed E-state index contributed by atoms with van der Waals surface area (Å²) in [6.45, 7) is 3.56. The molecule has 9 nitrogen and oxygen atoms in total. The largest absolute Gasteiger partial charge is 0.496 e. The minimum absolute atomic E-state index is 0.170. The summed E-state index contributed by atoms with van der Waals surface area (Å²) >= 11 is 6.97. The lowest BCUT2D eigenvalue weighted by atomic mass is 9.94. The minimum atomic E-state index is -0.696. The Morgan fingerprint density at radius 2 is 1.73 bits per heavy atom. The Bertz CT molecular complexity index is 1860. The fraction of sp³-hybridized carbons (Fsp3) is 0.303. The van der Waals surface area contributed by atoms with E-state index in [2.05, 4.69) is 10.2 Å². The number of aryl methyl sites for hydroxylation is 1. The highest BCUT2D eigenvalue weighted by molar-refractivity contribution is 6.36. The van der Waals surface area contributed by atoms with E-state index in [1.165, 1.54) is 38.0 Å². The molecule has 1 saturated heterocycles. The highest BCUT2D eigenvalue weighted by Gasteiger charge is 2.23. The Morgan fingerprint density at radius 1 is 1.07 bits per heavy atom. The number of nitrogens with one attached hydrogen (secondary N) is 1. The van der Waals surface area contributed by atoms with E-state index in [0.29, 0.717) is 76.8 Å². The van der Waals surface area contributed by atoms with Gasteiger partial charge in [-0.15, -0.1) is 0 Å². The van der Waals surface area contributed by atoms with Gasteiger partial charge in [-0.05, 0) is 54.7 Å². The van der Waals surface area contributed by atoms with E-state index in [-0.39, 0.29) is 11.7 Å². The molecule has 1 aliphatic heterocycles. The number of ether oxygens (including phenoxy) is 1. The van der Waals surface area contributed by atoms with Crippen LogP contribution in [0.25, 0.3) is 22.3 Å². The minimum Gasteiger partial charge on any atom is -0.496 e. The summed E-state index contributed by atoms with van der Waals surface area (Å²) in [5.74, 6) is -0.639. The van der Waals surface area contributed by atoms with Crippen LogP contribution in [0, 0.1) is 12.7 Å². The zero-order chi connectivity index (χ0) is 31.7. The van der Waals surface area contributed by atoms with Crippen LogP contribution < -0.4 is 21.3 Å². The number of nitrogens with zero attached hydrogens (tertiary/aromatic N) is 3. The number of methoxy groups -OCH3 is 1. The van der Waals surface area contributed by atoms with Crippen LogP contribution in [-0.4, -0.2) is 51.4 Å². The monoisotopic (exact) mass is 620 g/mol. The van der Waals surface area contributed by atoms with Crippen LogP contribution in [0.4, 0.5) is 10.1 Å². The number of carbonyl (C=O) groups is 1. The van der Waals surface area contributed by atoms with Crippen LogP contribution in [0.1, 0.15) is 34.3 Å². The topological polar surface area (TPSA) is 106 Å². The molecular weight excluding hydrogens is 587 g/mol. The number of anilines is 1. The number of hydrogen-bond acceptors (Lipinski definition) is 6. The number of carbonyl (C=O) groups excluding carboxylic acids is 1. The van der Waals surface area contributed by atoms with Gasteiger partial charge in [0, 0.05) is 62.3 Å². The van der Waals surface area contributed by atoms with Crippen molar-refractivity contribution in [1.29, 1.82) is 0 Å². The molecule has 1 aliphatic rings. The van der Waals surface area contributed by atoms with Crippen molar-refractivity contribution < 1.29 is 19.0 Å². The molecule has 11 heteroatoms. The van der Waals surface area contributed by atoms with E-state index in [4.69, 9.17) is 16.3 Å². The molecule has 0 aliphatic carbocycles. The second-order valence-electron chi connectivity index (χ2n) is 11.0.